The van der Waals surface area contributed by atoms with Crippen molar-refractivity contribution in [3.05, 3.63) is 29.3 Å². The third-order valence-electron chi connectivity index (χ3n) is 4.89. The monoisotopic (exact) mass is 433 g/mol. The molecule has 0 spiro atoms. The summed E-state index contributed by atoms with van der Waals surface area (Å²) in [5, 5.41) is 5.14. The summed E-state index contributed by atoms with van der Waals surface area (Å²) in [6.45, 7) is 10.1. The normalized spacial score (nSPS) is 15.0. The van der Waals surface area contributed by atoms with Crippen molar-refractivity contribution in [1.82, 2.24) is 14.8 Å². The van der Waals surface area contributed by atoms with Gasteiger partial charge in [0.1, 0.15) is 11.4 Å². The van der Waals surface area contributed by atoms with Crippen molar-refractivity contribution in [2.75, 3.05) is 63.6 Å². The molecule has 0 aliphatic carbocycles. The van der Waals surface area contributed by atoms with E-state index in [2.05, 4.69) is 21.2 Å². The summed E-state index contributed by atoms with van der Waals surface area (Å²) in [5.41, 5.74) is 1.48. The topological polar surface area (TPSA) is 60.9 Å². The van der Waals surface area contributed by atoms with E-state index < -0.39 is 5.60 Å². The van der Waals surface area contributed by atoms with Gasteiger partial charge in [0.25, 0.3) is 0 Å². The number of rotatable bonds is 5. The van der Waals surface area contributed by atoms with E-state index in [9.17, 15) is 4.79 Å². The van der Waals surface area contributed by atoms with Gasteiger partial charge in [0.2, 0.25) is 0 Å². The summed E-state index contributed by atoms with van der Waals surface area (Å²) in [5.74, 6) is 0.830. The summed E-state index contributed by atoms with van der Waals surface area (Å²) in [6, 6.07) is 7.90. The van der Waals surface area contributed by atoms with Crippen LogP contribution in [0.5, 0.6) is 0 Å². The van der Waals surface area contributed by atoms with Crippen LogP contribution >= 0.6 is 11.6 Å². The minimum atomic E-state index is -0.484. The largest absolute Gasteiger partial charge is 0.444 e. The lowest BCUT2D eigenvalue weighted by Gasteiger charge is -2.37. The quantitative estimate of drug-likeness (QED) is 0.771. The molecule has 1 aliphatic heterocycles. The van der Waals surface area contributed by atoms with Crippen molar-refractivity contribution in [1.29, 1.82) is 0 Å². The van der Waals surface area contributed by atoms with Crippen molar-refractivity contribution in [3.8, 4) is 0 Å². The van der Waals surface area contributed by atoms with Gasteiger partial charge in [-0.1, -0.05) is 11.6 Å². The highest BCUT2D eigenvalue weighted by Crippen LogP contribution is 2.31. The lowest BCUT2D eigenvalue weighted by Crippen LogP contribution is -2.50. The van der Waals surface area contributed by atoms with Gasteiger partial charge in [0.15, 0.2) is 0 Å². The molecule has 2 heterocycles. The van der Waals surface area contributed by atoms with E-state index in [1.54, 1.807) is 4.90 Å². The zero-order valence-electron chi connectivity index (χ0n) is 18.5. The van der Waals surface area contributed by atoms with Crippen LogP contribution in [0, 0.1) is 0 Å². The van der Waals surface area contributed by atoms with Gasteiger partial charge in [-0.25, -0.2) is 9.78 Å². The number of anilines is 2. The zero-order valence-corrected chi connectivity index (χ0v) is 19.3. The van der Waals surface area contributed by atoms with Gasteiger partial charge in [-0.2, -0.15) is 0 Å². The van der Waals surface area contributed by atoms with E-state index in [1.807, 2.05) is 53.1 Å². The predicted octanol–water partition coefficient (Wildman–Crippen LogP) is 3.92. The predicted molar refractivity (Wildman–Crippen MR) is 124 cm³/mol. The molecule has 0 bridgehead atoms. The van der Waals surface area contributed by atoms with Gasteiger partial charge in [-0.05, 0) is 53.1 Å². The summed E-state index contributed by atoms with van der Waals surface area (Å²) < 4.78 is 5.51. The zero-order chi connectivity index (χ0) is 21.9. The van der Waals surface area contributed by atoms with Gasteiger partial charge < -0.3 is 24.8 Å². The van der Waals surface area contributed by atoms with E-state index in [0.717, 1.165) is 48.6 Å². The number of hydrogen-bond donors (Lipinski definition) is 1. The van der Waals surface area contributed by atoms with Gasteiger partial charge in [-0.15, -0.1) is 0 Å². The minimum Gasteiger partial charge on any atom is -0.444 e. The third-order valence-corrected chi connectivity index (χ3v) is 5.12. The van der Waals surface area contributed by atoms with Crippen molar-refractivity contribution < 1.29 is 9.53 Å². The Morgan fingerprint density at radius 2 is 1.90 bits per heavy atom. The van der Waals surface area contributed by atoms with Crippen molar-refractivity contribution in [3.63, 3.8) is 0 Å². The number of hydrogen-bond acceptors (Lipinski definition) is 6. The van der Waals surface area contributed by atoms with Crippen LogP contribution < -0.4 is 10.2 Å². The molecular formula is C22H32ClN5O2. The lowest BCUT2D eigenvalue weighted by atomic mass is 10.1. The number of ether oxygens (including phenoxy) is 1. The number of nitrogens with zero attached hydrogens (tertiary/aromatic N) is 4. The molecule has 1 saturated heterocycles. The van der Waals surface area contributed by atoms with E-state index in [-0.39, 0.29) is 6.09 Å². The van der Waals surface area contributed by atoms with Crippen LogP contribution in [-0.2, 0) is 4.74 Å². The number of piperazine rings is 1. The van der Waals surface area contributed by atoms with Crippen LogP contribution in [0.1, 0.15) is 20.8 Å². The SMILES string of the molecule is CN(C)CCNc1cc(N2CCN(C(=O)OC(C)(C)C)CC2)c2ccc(Cl)cc2n1. The highest BCUT2D eigenvalue weighted by atomic mass is 35.5. The van der Waals surface area contributed by atoms with Crippen molar-refractivity contribution in [2.45, 2.75) is 26.4 Å². The van der Waals surface area contributed by atoms with Crippen molar-refractivity contribution in [2.24, 2.45) is 0 Å². The molecule has 1 amide bonds. The van der Waals surface area contributed by atoms with Crippen molar-refractivity contribution >= 4 is 40.1 Å². The fourth-order valence-corrected chi connectivity index (χ4v) is 3.57. The van der Waals surface area contributed by atoms with E-state index in [0.29, 0.717) is 18.1 Å². The Balaban J connectivity index is 1.78. The molecular weight excluding hydrogens is 402 g/mol. The average Bonchev–Trinajstić information content (AvgIpc) is 2.65. The standard InChI is InChI=1S/C22H32ClN5O2/c1-22(2,3)30-21(29)28-12-10-27(11-13-28)19-15-20(24-8-9-26(4)5)25-18-14-16(23)6-7-17(18)19/h6-7,14-15H,8-13H2,1-5H3,(H,24,25). The number of carbonyl (C=O) groups excluding carboxylic acids is 1. The molecule has 30 heavy (non-hydrogen) atoms. The summed E-state index contributed by atoms with van der Waals surface area (Å²) in [7, 11) is 4.09. The maximum Gasteiger partial charge on any atom is 0.410 e. The molecule has 1 aliphatic rings. The second-order valence-electron chi connectivity index (χ2n) is 8.87. The highest BCUT2D eigenvalue weighted by molar-refractivity contribution is 6.31. The number of aromatic nitrogens is 1. The Kier molecular flexibility index (Phi) is 6.93. The van der Waals surface area contributed by atoms with Crippen LogP contribution in [0.2, 0.25) is 5.02 Å². The first-order valence-electron chi connectivity index (χ1n) is 10.3. The maximum atomic E-state index is 12.4. The first-order chi connectivity index (χ1) is 14.1. The van der Waals surface area contributed by atoms with Gasteiger partial charge in [0.05, 0.1) is 5.52 Å². The number of benzene rings is 1. The Labute approximate surface area is 183 Å². The smallest absolute Gasteiger partial charge is 0.410 e. The number of halogens is 1. The number of fused-ring (bicyclic) bond motifs is 1. The Morgan fingerprint density at radius 1 is 1.20 bits per heavy atom. The highest BCUT2D eigenvalue weighted by Gasteiger charge is 2.26. The third kappa shape index (κ3) is 5.89. The average molecular weight is 434 g/mol. The molecule has 2 aromatic rings. The van der Waals surface area contributed by atoms with Gasteiger partial charge in [0, 0.05) is 61.4 Å². The molecule has 3 rings (SSSR count). The number of nitrogens with one attached hydrogen (secondary N) is 1. The molecule has 1 N–H and O–H groups in total. The minimum absolute atomic E-state index is 0.250. The number of amides is 1. The fourth-order valence-electron chi connectivity index (χ4n) is 3.40. The Hall–Kier alpha value is -2.25. The van der Waals surface area contributed by atoms with E-state index in [4.69, 9.17) is 21.3 Å². The first-order valence-corrected chi connectivity index (χ1v) is 10.7. The van der Waals surface area contributed by atoms with Crippen LogP contribution in [0.25, 0.3) is 10.9 Å². The first kappa shape index (κ1) is 22.4. The van der Waals surface area contributed by atoms with Crippen LogP contribution in [-0.4, -0.2) is 79.8 Å². The molecule has 1 fully saturated rings. The number of carbonyl (C=O) groups is 1. The molecule has 0 unspecified atom stereocenters. The summed E-state index contributed by atoms with van der Waals surface area (Å²) >= 11 is 6.22. The van der Waals surface area contributed by atoms with E-state index in [1.165, 1.54) is 0 Å². The molecule has 8 heteroatoms. The second-order valence-corrected chi connectivity index (χ2v) is 9.31. The molecule has 164 valence electrons. The van der Waals surface area contributed by atoms with Crippen LogP contribution in [0.3, 0.4) is 0 Å². The Bertz CT molecular complexity index is 889. The fraction of sp³-hybridized carbons (Fsp3) is 0.545. The Morgan fingerprint density at radius 3 is 2.53 bits per heavy atom. The maximum absolute atomic E-state index is 12.4. The second kappa shape index (κ2) is 9.27. The molecule has 0 radical (unpaired) electrons. The summed E-state index contributed by atoms with van der Waals surface area (Å²) in [4.78, 5) is 23.3. The summed E-state index contributed by atoms with van der Waals surface area (Å²) in [6.07, 6.45) is -0.250. The molecule has 0 saturated carbocycles. The van der Waals surface area contributed by atoms with Gasteiger partial charge in [-0.3, -0.25) is 0 Å². The number of likely N-dealkylation sites (N-methyl/N-ethyl adjacent to an activating group) is 1. The molecule has 1 aromatic heterocycles. The molecule has 1 aromatic carbocycles. The lowest BCUT2D eigenvalue weighted by molar-refractivity contribution is 0.0240. The molecule has 0 atom stereocenters. The van der Waals surface area contributed by atoms with Gasteiger partial charge >= 0.3 is 6.09 Å². The van der Waals surface area contributed by atoms with Crippen LogP contribution in [0.15, 0.2) is 24.3 Å². The molecule has 7 nitrogen and oxygen atoms in total. The number of pyridine rings is 1. The van der Waals surface area contributed by atoms with Crippen LogP contribution in [0.4, 0.5) is 16.3 Å². The van der Waals surface area contributed by atoms with E-state index >= 15 is 0 Å².